The summed E-state index contributed by atoms with van der Waals surface area (Å²) in [7, 11) is 0. The first kappa shape index (κ1) is 14.4. The van der Waals surface area contributed by atoms with Gasteiger partial charge >= 0.3 is 0 Å². The third kappa shape index (κ3) is 3.53. The molecule has 0 bridgehead atoms. The Morgan fingerprint density at radius 2 is 1.84 bits per heavy atom. The van der Waals surface area contributed by atoms with Crippen molar-refractivity contribution in [2.45, 2.75) is 52.0 Å². The van der Waals surface area contributed by atoms with Crippen molar-refractivity contribution in [2.75, 3.05) is 11.1 Å². The van der Waals surface area contributed by atoms with Gasteiger partial charge in [-0.25, -0.2) is 0 Å². The van der Waals surface area contributed by atoms with E-state index in [-0.39, 0.29) is 5.54 Å². The highest BCUT2D eigenvalue weighted by atomic mass is 32.2. The fraction of sp³-hybridized carbons (Fsp3) is 0.562. The van der Waals surface area contributed by atoms with Crippen LogP contribution in [0.15, 0.2) is 29.3 Å². The quantitative estimate of drug-likeness (QED) is 0.842. The molecule has 0 saturated carbocycles. The second-order valence-corrected chi connectivity index (χ2v) is 6.17. The molecule has 0 atom stereocenters. The molecule has 3 heteroatoms. The summed E-state index contributed by atoms with van der Waals surface area (Å²) in [5.41, 5.74) is 2.72. The number of aryl methyl sites for hydroxylation is 1. The molecule has 0 unspecified atom stereocenters. The van der Waals surface area contributed by atoms with Crippen molar-refractivity contribution in [1.29, 1.82) is 0 Å². The van der Waals surface area contributed by atoms with E-state index >= 15 is 0 Å². The van der Waals surface area contributed by atoms with E-state index in [1.807, 2.05) is 11.8 Å². The number of thioether (sulfide) groups is 1. The highest BCUT2D eigenvalue weighted by molar-refractivity contribution is 8.14. The van der Waals surface area contributed by atoms with Crippen LogP contribution in [0.4, 0.5) is 5.69 Å². The molecule has 0 radical (unpaired) electrons. The van der Waals surface area contributed by atoms with E-state index in [0.29, 0.717) is 0 Å². The summed E-state index contributed by atoms with van der Waals surface area (Å²) in [4.78, 5) is 4.88. The van der Waals surface area contributed by atoms with Crippen LogP contribution in [-0.2, 0) is 6.42 Å². The smallest absolute Gasteiger partial charge is 0.161 e. The number of nitrogens with one attached hydrogen (secondary N) is 1. The molecule has 0 fully saturated rings. The lowest BCUT2D eigenvalue weighted by Crippen LogP contribution is -2.24. The molecule has 1 aliphatic heterocycles. The zero-order valence-corrected chi connectivity index (χ0v) is 13.0. The Kier molecular flexibility index (Phi) is 4.92. The predicted octanol–water partition coefficient (Wildman–Crippen LogP) is 4.71. The van der Waals surface area contributed by atoms with Gasteiger partial charge in [0.1, 0.15) is 0 Å². The fourth-order valence-corrected chi connectivity index (χ4v) is 3.65. The van der Waals surface area contributed by atoms with E-state index in [0.717, 1.165) is 35.9 Å². The lowest BCUT2D eigenvalue weighted by atomic mass is 9.97. The van der Waals surface area contributed by atoms with Gasteiger partial charge in [-0.3, -0.25) is 4.99 Å². The van der Waals surface area contributed by atoms with Crippen molar-refractivity contribution in [3.8, 4) is 0 Å². The lowest BCUT2D eigenvalue weighted by Gasteiger charge is -2.20. The van der Waals surface area contributed by atoms with Gasteiger partial charge < -0.3 is 5.32 Å². The highest BCUT2D eigenvalue weighted by Crippen LogP contribution is 2.33. The second-order valence-electron chi connectivity index (χ2n) is 5.21. The summed E-state index contributed by atoms with van der Waals surface area (Å²) in [6.45, 7) is 6.68. The van der Waals surface area contributed by atoms with Crippen LogP contribution < -0.4 is 5.32 Å². The average Bonchev–Trinajstić information content (AvgIpc) is 2.85. The van der Waals surface area contributed by atoms with E-state index in [2.05, 4.69) is 50.4 Å². The molecular weight excluding hydrogens is 252 g/mol. The topological polar surface area (TPSA) is 24.4 Å². The van der Waals surface area contributed by atoms with E-state index in [1.54, 1.807) is 0 Å². The molecule has 0 aromatic heterocycles. The molecule has 1 aromatic carbocycles. The van der Waals surface area contributed by atoms with Crippen molar-refractivity contribution in [1.82, 2.24) is 0 Å². The van der Waals surface area contributed by atoms with Crippen molar-refractivity contribution in [3.63, 3.8) is 0 Å². The molecule has 1 aromatic rings. The minimum absolute atomic E-state index is 0.162. The Morgan fingerprint density at radius 3 is 2.37 bits per heavy atom. The maximum absolute atomic E-state index is 4.88. The van der Waals surface area contributed by atoms with E-state index in [1.165, 1.54) is 12.0 Å². The zero-order chi connectivity index (χ0) is 13.7. The normalized spacial score (nSPS) is 17.3. The van der Waals surface area contributed by atoms with Crippen LogP contribution in [0.1, 0.15) is 45.6 Å². The second kappa shape index (κ2) is 6.47. The van der Waals surface area contributed by atoms with Crippen molar-refractivity contribution in [2.24, 2.45) is 4.99 Å². The van der Waals surface area contributed by atoms with Gasteiger partial charge in [0.2, 0.25) is 0 Å². The van der Waals surface area contributed by atoms with Crippen LogP contribution in [0, 0.1) is 0 Å². The summed E-state index contributed by atoms with van der Waals surface area (Å²) in [6.07, 6.45) is 4.60. The Labute approximate surface area is 121 Å². The molecule has 2 rings (SSSR count). The SMILES string of the molecule is CCCc1ccc(NC2=NC(CC)(CC)CS2)cc1. The first-order chi connectivity index (χ1) is 9.21. The Balaban J connectivity index is 2.02. The molecular formula is C16H24N2S. The molecule has 1 aliphatic rings. The Bertz CT molecular complexity index is 433. The Morgan fingerprint density at radius 1 is 1.16 bits per heavy atom. The molecule has 0 saturated heterocycles. The van der Waals surface area contributed by atoms with Gasteiger partial charge in [0.25, 0.3) is 0 Å². The molecule has 1 N–H and O–H groups in total. The molecule has 0 amide bonds. The van der Waals surface area contributed by atoms with E-state index in [9.17, 15) is 0 Å². The minimum Gasteiger partial charge on any atom is -0.335 e. The zero-order valence-electron chi connectivity index (χ0n) is 12.2. The van der Waals surface area contributed by atoms with Gasteiger partial charge in [-0.05, 0) is 37.0 Å². The number of hydrogen-bond acceptors (Lipinski definition) is 3. The van der Waals surface area contributed by atoms with Crippen LogP contribution in [0.25, 0.3) is 0 Å². The third-order valence-electron chi connectivity index (χ3n) is 3.88. The average molecular weight is 276 g/mol. The number of rotatable bonds is 5. The molecule has 1 heterocycles. The van der Waals surface area contributed by atoms with Gasteiger partial charge in [-0.15, -0.1) is 0 Å². The molecule has 0 spiro atoms. The number of nitrogens with zero attached hydrogens (tertiary/aromatic N) is 1. The first-order valence-electron chi connectivity index (χ1n) is 7.30. The number of hydrogen-bond donors (Lipinski definition) is 1. The van der Waals surface area contributed by atoms with Gasteiger partial charge in [0.15, 0.2) is 5.17 Å². The van der Waals surface area contributed by atoms with Crippen LogP contribution in [0.2, 0.25) is 0 Å². The summed E-state index contributed by atoms with van der Waals surface area (Å²) >= 11 is 1.85. The summed E-state index contributed by atoms with van der Waals surface area (Å²) in [6, 6.07) is 8.73. The number of aliphatic imine (C=N–C) groups is 1. The third-order valence-corrected chi connectivity index (χ3v) is 5.02. The van der Waals surface area contributed by atoms with Crippen LogP contribution >= 0.6 is 11.8 Å². The minimum atomic E-state index is 0.162. The number of benzene rings is 1. The van der Waals surface area contributed by atoms with Crippen molar-refractivity contribution in [3.05, 3.63) is 29.8 Å². The van der Waals surface area contributed by atoms with E-state index in [4.69, 9.17) is 4.99 Å². The molecule has 0 aliphatic carbocycles. The van der Waals surface area contributed by atoms with Crippen LogP contribution in [-0.4, -0.2) is 16.5 Å². The van der Waals surface area contributed by atoms with Crippen molar-refractivity contribution < 1.29 is 0 Å². The standard InChI is InChI=1S/C16H24N2S/c1-4-7-13-8-10-14(11-9-13)17-15-18-16(5-2,6-3)12-19-15/h8-11H,4-7,12H2,1-3H3,(H,17,18). The number of anilines is 1. The van der Waals surface area contributed by atoms with Gasteiger partial charge in [-0.2, -0.15) is 0 Å². The molecule has 2 nitrogen and oxygen atoms in total. The Hall–Kier alpha value is -0.960. The van der Waals surface area contributed by atoms with Crippen LogP contribution in [0.3, 0.4) is 0 Å². The van der Waals surface area contributed by atoms with Gasteiger partial charge in [0.05, 0.1) is 5.54 Å². The van der Waals surface area contributed by atoms with Gasteiger partial charge in [-0.1, -0.05) is 51.1 Å². The van der Waals surface area contributed by atoms with Crippen LogP contribution in [0.5, 0.6) is 0 Å². The summed E-state index contributed by atoms with van der Waals surface area (Å²) in [5.74, 6) is 1.11. The van der Waals surface area contributed by atoms with E-state index < -0.39 is 0 Å². The molecule has 104 valence electrons. The largest absolute Gasteiger partial charge is 0.335 e. The first-order valence-corrected chi connectivity index (χ1v) is 8.28. The van der Waals surface area contributed by atoms with Crippen molar-refractivity contribution >= 4 is 22.6 Å². The maximum atomic E-state index is 4.88. The lowest BCUT2D eigenvalue weighted by molar-refractivity contribution is 0.456. The molecule has 19 heavy (non-hydrogen) atoms. The predicted molar refractivity (Wildman–Crippen MR) is 87.3 cm³/mol. The fourth-order valence-electron chi connectivity index (χ4n) is 2.33. The summed E-state index contributed by atoms with van der Waals surface area (Å²) in [5, 5.41) is 4.52. The monoisotopic (exact) mass is 276 g/mol. The number of amidine groups is 1. The summed E-state index contributed by atoms with van der Waals surface area (Å²) < 4.78 is 0. The van der Waals surface area contributed by atoms with Gasteiger partial charge in [0, 0.05) is 11.4 Å². The highest BCUT2D eigenvalue weighted by Gasteiger charge is 2.31. The maximum Gasteiger partial charge on any atom is 0.161 e.